The number of aromatic nitrogens is 2. The monoisotopic (exact) mass is 358 g/mol. The summed E-state index contributed by atoms with van der Waals surface area (Å²) in [6.07, 6.45) is 4.69. The Hall–Kier alpha value is -2.38. The van der Waals surface area contributed by atoms with Crippen LogP contribution in [0.4, 0.5) is 0 Å². The third-order valence-corrected chi connectivity index (χ3v) is 4.33. The fraction of sp³-hybridized carbons (Fsp3) is 0.474. The van der Waals surface area contributed by atoms with Gasteiger partial charge in [0.2, 0.25) is 0 Å². The number of benzene rings is 1. The van der Waals surface area contributed by atoms with Gasteiger partial charge in [0.1, 0.15) is 0 Å². The van der Waals surface area contributed by atoms with Crippen molar-refractivity contribution in [1.29, 1.82) is 0 Å². The molecule has 1 saturated heterocycles. The SMILES string of the molecule is CCCOc1ccc(/C=C/c2nc(C3CNCCN3C)no2)cc1OC. The highest BCUT2D eigenvalue weighted by molar-refractivity contribution is 5.67. The average Bonchev–Trinajstić information content (AvgIpc) is 3.14. The highest BCUT2D eigenvalue weighted by Crippen LogP contribution is 2.29. The second kappa shape index (κ2) is 8.82. The first kappa shape index (κ1) is 18.4. The normalized spacial score (nSPS) is 18.3. The summed E-state index contributed by atoms with van der Waals surface area (Å²) < 4.78 is 16.4. The Balaban J connectivity index is 1.70. The molecule has 1 aliphatic heterocycles. The summed E-state index contributed by atoms with van der Waals surface area (Å²) >= 11 is 0. The number of nitrogens with zero attached hydrogens (tertiary/aromatic N) is 3. The van der Waals surface area contributed by atoms with Gasteiger partial charge in [-0.1, -0.05) is 18.1 Å². The Morgan fingerprint density at radius 2 is 2.23 bits per heavy atom. The van der Waals surface area contributed by atoms with Crippen LogP contribution in [0.2, 0.25) is 0 Å². The van der Waals surface area contributed by atoms with Gasteiger partial charge in [0.15, 0.2) is 17.3 Å². The highest BCUT2D eigenvalue weighted by atomic mass is 16.5. The van der Waals surface area contributed by atoms with Gasteiger partial charge in [0.05, 0.1) is 19.8 Å². The van der Waals surface area contributed by atoms with Crippen LogP contribution in [-0.4, -0.2) is 55.4 Å². The van der Waals surface area contributed by atoms with E-state index in [0.29, 0.717) is 24.1 Å². The molecule has 1 aromatic carbocycles. The molecule has 140 valence electrons. The zero-order valence-electron chi connectivity index (χ0n) is 15.6. The first-order chi connectivity index (χ1) is 12.7. The van der Waals surface area contributed by atoms with Gasteiger partial charge in [0.25, 0.3) is 5.89 Å². The van der Waals surface area contributed by atoms with Crippen molar-refractivity contribution in [3.05, 3.63) is 35.5 Å². The molecular formula is C19H26N4O3. The molecule has 7 nitrogen and oxygen atoms in total. The van der Waals surface area contributed by atoms with Gasteiger partial charge in [-0.25, -0.2) is 0 Å². The van der Waals surface area contributed by atoms with Crippen LogP contribution >= 0.6 is 0 Å². The van der Waals surface area contributed by atoms with Gasteiger partial charge in [-0.15, -0.1) is 0 Å². The minimum atomic E-state index is 0.143. The van der Waals surface area contributed by atoms with Crippen molar-refractivity contribution < 1.29 is 14.0 Å². The zero-order valence-corrected chi connectivity index (χ0v) is 15.6. The van der Waals surface area contributed by atoms with Crippen LogP contribution in [0, 0.1) is 0 Å². The third-order valence-electron chi connectivity index (χ3n) is 4.33. The Labute approximate surface area is 154 Å². The third kappa shape index (κ3) is 4.42. The number of ether oxygens (including phenoxy) is 2. The molecule has 0 amide bonds. The van der Waals surface area contributed by atoms with Crippen LogP contribution in [0.25, 0.3) is 12.2 Å². The van der Waals surface area contributed by atoms with E-state index in [4.69, 9.17) is 14.0 Å². The van der Waals surface area contributed by atoms with Crippen molar-refractivity contribution in [2.24, 2.45) is 0 Å². The minimum Gasteiger partial charge on any atom is -0.493 e. The summed E-state index contributed by atoms with van der Waals surface area (Å²) in [5.74, 6) is 2.66. The topological polar surface area (TPSA) is 72.7 Å². The van der Waals surface area contributed by atoms with Crippen LogP contribution in [0.1, 0.15) is 36.7 Å². The van der Waals surface area contributed by atoms with E-state index >= 15 is 0 Å². The van der Waals surface area contributed by atoms with E-state index in [2.05, 4.69) is 34.3 Å². The first-order valence-corrected chi connectivity index (χ1v) is 8.94. The molecular weight excluding hydrogens is 332 g/mol. The van der Waals surface area contributed by atoms with Gasteiger partial charge in [-0.2, -0.15) is 4.98 Å². The molecule has 0 saturated carbocycles. The van der Waals surface area contributed by atoms with Crippen LogP contribution in [0.3, 0.4) is 0 Å². The molecule has 0 aliphatic carbocycles. The van der Waals surface area contributed by atoms with Crippen LogP contribution < -0.4 is 14.8 Å². The maximum Gasteiger partial charge on any atom is 0.250 e. The maximum absolute atomic E-state index is 5.67. The highest BCUT2D eigenvalue weighted by Gasteiger charge is 2.24. The largest absolute Gasteiger partial charge is 0.493 e. The lowest BCUT2D eigenvalue weighted by Crippen LogP contribution is -2.44. The molecule has 0 bridgehead atoms. The molecule has 3 rings (SSSR count). The Morgan fingerprint density at radius 1 is 1.35 bits per heavy atom. The quantitative estimate of drug-likeness (QED) is 0.815. The number of hydrogen-bond acceptors (Lipinski definition) is 7. The number of likely N-dealkylation sites (N-methyl/N-ethyl adjacent to an activating group) is 1. The molecule has 1 N–H and O–H groups in total. The smallest absolute Gasteiger partial charge is 0.250 e. The van der Waals surface area contributed by atoms with Gasteiger partial charge in [0, 0.05) is 25.7 Å². The van der Waals surface area contributed by atoms with Crippen molar-refractivity contribution in [3.8, 4) is 11.5 Å². The molecule has 1 aromatic heterocycles. The van der Waals surface area contributed by atoms with E-state index in [0.717, 1.165) is 37.4 Å². The molecule has 1 aliphatic rings. The van der Waals surface area contributed by atoms with Crippen molar-refractivity contribution in [3.63, 3.8) is 0 Å². The van der Waals surface area contributed by atoms with Gasteiger partial charge < -0.3 is 19.3 Å². The fourth-order valence-electron chi connectivity index (χ4n) is 2.83. The van der Waals surface area contributed by atoms with Crippen molar-refractivity contribution in [2.75, 3.05) is 40.4 Å². The van der Waals surface area contributed by atoms with E-state index in [-0.39, 0.29) is 6.04 Å². The maximum atomic E-state index is 5.67. The summed E-state index contributed by atoms with van der Waals surface area (Å²) in [7, 11) is 3.71. The summed E-state index contributed by atoms with van der Waals surface area (Å²) in [6.45, 7) is 5.52. The van der Waals surface area contributed by atoms with Crippen molar-refractivity contribution in [2.45, 2.75) is 19.4 Å². The fourth-order valence-corrected chi connectivity index (χ4v) is 2.83. The molecule has 2 aromatic rings. The number of nitrogens with one attached hydrogen (secondary N) is 1. The summed E-state index contributed by atoms with van der Waals surface area (Å²) in [4.78, 5) is 6.73. The van der Waals surface area contributed by atoms with Crippen molar-refractivity contribution in [1.82, 2.24) is 20.4 Å². The second-order valence-corrected chi connectivity index (χ2v) is 6.28. The molecule has 7 heteroatoms. The number of rotatable bonds is 7. The molecule has 0 radical (unpaired) electrons. The van der Waals surface area contributed by atoms with Crippen LogP contribution in [-0.2, 0) is 0 Å². The number of hydrogen-bond donors (Lipinski definition) is 1. The average molecular weight is 358 g/mol. The van der Waals surface area contributed by atoms with Crippen LogP contribution in [0.15, 0.2) is 22.7 Å². The van der Waals surface area contributed by atoms with Gasteiger partial charge in [-0.3, -0.25) is 4.90 Å². The van der Waals surface area contributed by atoms with E-state index in [1.807, 2.05) is 30.4 Å². The predicted molar refractivity (Wildman–Crippen MR) is 100 cm³/mol. The Bertz CT molecular complexity index is 744. The van der Waals surface area contributed by atoms with E-state index in [9.17, 15) is 0 Å². The lowest BCUT2D eigenvalue weighted by atomic mass is 10.2. The van der Waals surface area contributed by atoms with E-state index in [1.165, 1.54) is 0 Å². The molecule has 1 atom stereocenters. The Kier molecular flexibility index (Phi) is 6.25. The van der Waals surface area contributed by atoms with E-state index in [1.54, 1.807) is 7.11 Å². The predicted octanol–water partition coefficient (Wildman–Crippen LogP) is 2.61. The second-order valence-electron chi connectivity index (χ2n) is 6.28. The summed E-state index contributed by atoms with van der Waals surface area (Å²) in [5, 5.41) is 7.48. The number of methoxy groups -OCH3 is 1. The first-order valence-electron chi connectivity index (χ1n) is 8.94. The van der Waals surface area contributed by atoms with Crippen molar-refractivity contribution >= 4 is 12.2 Å². The van der Waals surface area contributed by atoms with E-state index < -0.39 is 0 Å². The zero-order chi connectivity index (χ0) is 18.4. The van der Waals surface area contributed by atoms with Gasteiger partial charge in [-0.05, 0) is 37.2 Å². The standard InChI is InChI=1S/C19H26N4O3/c1-4-11-25-16-7-5-14(12-17(16)24-3)6-8-18-21-19(22-26-18)15-13-20-9-10-23(15)2/h5-8,12,15,20H,4,9-11,13H2,1-3H3/b8-6+. The molecule has 1 unspecified atom stereocenters. The summed E-state index contributed by atoms with van der Waals surface area (Å²) in [6, 6.07) is 5.96. The Morgan fingerprint density at radius 3 is 3.00 bits per heavy atom. The minimum absolute atomic E-state index is 0.143. The van der Waals surface area contributed by atoms with Gasteiger partial charge >= 0.3 is 0 Å². The molecule has 1 fully saturated rings. The lowest BCUT2D eigenvalue weighted by molar-refractivity contribution is 0.190. The molecule has 26 heavy (non-hydrogen) atoms. The lowest BCUT2D eigenvalue weighted by Gasteiger charge is -2.30. The van der Waals surface area contributed by atoms with Crippen LogP contribution in [0.5, 0.6) is 11.5 Å². The summed E-state index contributed by atoms with van der Waals surface area (Å²) in [5.41, 5.74) is 0.974. The number of piperazine rings is 1. The molecule has 0 spiro atoms. The molecule has 2 heterocycles.